The third kappa shape index (κ3) is 3.47. The van der Waals surface area contributed by atoms with Crippen molar-refractivity contribution in [1.82, 2.24) is 4.90 Å². The quantitative estimate of drug-likeness (QED) is 0.678. The summed E-state index contributed by atoms with van der Waals surface area (Å²) in [6.45, 7) is 10.0. The molecule has 2 aliphatic rings. The maximum Gasteiger partial charge on any atom is 0.0214 e. The van der Waals surface area contributed by atoms with Crippen molar-refractivity contribution in [2.24, 2.45) is 5.41 Å². The summed E-state index contributed by atoms with van der Waals surface area (Å²) in [5, 5.41) is 0. The Balaban J connectivity index is 2.10. The molecule has 0 aromatic carbocycles. The van der Waals surface area contributed by atoms with Crippen LogP contribution in [0, 0.1) is 5.41 Å². The standard InChI is InChI=1S/C16H31N/c1-15(2,3)14-16(10-6-4-7-11-16)17-12-8-5-9-13-17/h4-14H2,1-3H3. The van der Waals surface area contributed by atoms with Gasteiger partial charge in [-0.1, -0.05) is 46.5 Å². The van der Waals surface area contributed by atoms with Crippen molar-refractivity contribution in [2.75, 3.05) is 13.1 Å². The summed E-state index contributed by atoms with van der Waals surface area (Å²) in [6.07, 6.45) is 13.1. The van der Waals surface area contributed by atoms with Crippen LogP contribution in [0.25, 0.3) is 0 Å². The van der Waals surface area contributed by atoms with E-state index in [-0.39, 0.29) is 0 Å². The number of piperidine rings is 1. The zero-order valence-electron chi connectivity index (χ0n) is 12.2. The van der Waals surface area contributed by atoms with Crippen molar-refractivity contribution < 1.29 is 0 Å². The minimum absolute atomic E-state index is 0.481. The summed E-state index contributed by atoms with van der Waals surface area (Å²) in [6, 6.07) is 0. The van der Waals surface area contributed by atoms with E-state index in [0.29, 0.717) is 11.0 Å². The molecule has 0 N–H and O–H groups in total. The monoisotopic (exact) mass is 237 g/mol. The average Bonchev–Trinajstić information content (AvgIpc) is 2.29. The molecule has 1 aliphatic heterocycles. The lowest BCUT2D eigenvalue weighted by Gasteiger charge is -2.51. The maximum atomic E-state index is 2.88. The topological polar surface area (TPSA) is 3.24 Å². The molecule has 0 aromatic rings. The molecule has 1 heterocycles. The van der Waals surface area contributed by atoms with Crippen LogP contribution in [0.15, 0.2) is 0 Å². The summed E-state index contributed by atoms with van der Waals surface area (Å²) in [7, 11) is 0. The highest BCUT2D eigenvalue weighted by Crippen LogP contribution is 2.43. The highest BCUT2D eigenvalue weighted by molar-refractivity contribution is 4.96. The zero-order valence-corrected chi connectivity index (χ0v) is 12.2. The molecule has 0 radical (unpaired) electrons. The van der Waals surface area contributed by atoms with E-state index in [9.17, 15) is 0 Å². The lowest BCUT2D eigenvalue weighted by molar-refractivity contribution is 0.00256. The van der Waals surface area contributed by atoms with Crippen molar-refractivity contribution >= 4 is 0 Å². The summed E-state index contributed by atoms with van der Waals surface area (Å²) in [4.78, 5) is 2.88. The van der Waals surface area contributed by atoms with E-state index in [2.05, 4.69) is 25.7 Å². The van der Waals surface area contributed by atoms with Crippen molar-refractivity contribution in [3.05, 3.63) is 0 Å². The average molecular weight is 237 g/mol. The number of likely N-dealkylation sites (tertiary alicyclic amines) is 1. The van der Waals surface area contributed by atoms with Crippen LogP contribution in [0.4, 0.5) is 0 Å². The lowest BCUT2D eigenvalue weighted by Crippen LogP contribution is -2.53. The maximum absolute atomic E-state index is 2.88. The second-order valence-corrected chi connectivity index (χ2v) is 7.57. The van der Waals surface area contributed by atoms with Gasteiger partial charge in [0.2, 0.25) is 0 Å². The van der Waals surface area contributed by atoms with Crippen molar-refractivity contribution in [3.8, 4) is 0 Å². The van der Waals surface area contributed by atoms with Gasteiger partial charge in [-0.25, -0.2) is 0 Å². The van der Waals surface area contributed by atoms with E-state index in [0.717, 1.165) is 0 Å². The van der Waals surface area contributed by atoms with Gasteiger partial charge in [-0.2, -0.15) is 0 Å². The van der Waals surface area contributed by atoms with Gasteiger partial charge in [-0.05, 0) is 50.6 Å². The third-order valence-corrected chi connectivity index (χ3v) is 4.67. The van der Waals surface area contributed by atoms with Crippen molar-refractivity contribution in [3.63, 3.8) is 0 Å². The summed E-state index contributed by atoms with van der Waals surface area (Å²) >= 11 is 0. The van der Waals surface area contributed by atoms with Gasteiger partial charge in [-0.3, -0.25) is 4.90 Å². The molecule has 2 fully saturated rings. The van der Waals surface area contributed by atoms with Gasteiger partial charge in [0, 0.05) is 5.54 Å². The largest absolute Gasteiger partial charge is 0.298 e. The van der Waals surface area contributed by atoms with Crippen LogP contribution in [0.5, 0.6) is 0 Å². The highest BCUT2D eigenvalue weighted by atomic mass is 15.2. The fourth-order valence-corrected chi connectivity index (χ4v) is 4.17. The van der Waals surface area contributed by atoms with E-state index in [1.54, 1.807) is 0 Å². The van der Waals surface area contributed by atoms with Crippen LogP contribution in [0.1, 0.15) is 78.6 Å². The second kappa shape index (κ2) is 5.30. The summed E-state index contributed by atoms with van der Waals surface area (Å²) in [5.41, 5.74) is 1.05. The molecule has 1 saturated heterocycles. The van der Waals surface area contributed by atoms with Gasteiger partial charge in [0.05, 0.1) is 0 Å². The Morgan fingerprint density at radius 3 is 1.88 bits per heavy atom. The molecule has 0 atom stereocenters. The minimum atomic E-state index is 0.481. The smallest absolute Gasteiger partial charge is 0.0214 e. The highest BCUT2D eigenvalue weighted by Gasteiger charge is 2.40. The van der Waals surface area contributed by atoms with Gasteiger partial charge in [0.15, 0.2) is 0 Å². The van der Waals surface area contributed by atoms with Crippen LogP contribution < -0.4 is 0 Å². The van der Waals surface area contributed by atoms with Crippen molar-refractivity contribution in [2.45, 2.75) is 84.1 Å². The zero-order chi connectivity index (χ0) is 12.4. The summed E-state index contributed by atoms with van der Waals surface area (Å²) < 4.78 is 0. The molecular formula is C16H31N. The Labute approximate surface area is 108 Å². The van der Waals surface area contributed by atoms with Gasteiger partial charge < -0.3 is 0 Å². The molecule has 0 aromatic heterocycles. The van der Waals surface area contributed by atoms with Crippen LogP contribution in [-0.2, 0) is 0 Å². The van der Waals surface area contributed by atoms with Crippen LogP contribution in [0.3, 0.4) is 0 Å². The first-order valence-electron chi connectivity index (χ1n) is 7.77. The number of nitrogens with zero attached hydrogens (tertiary/aromatic N) is 1. The number of hydrogen-bond donors (Lipinski definition) is 0. The molecule has 0 amide bonds. The number of hydrogen-bond acceptors (Lipinski definition) is 1. The van der Waals surface area contributed by atoms with Gasteiger partial charge in [0.25, 0.3) is 0 Å². The molecule has 1 nitrogen and oxygen atoms in total. The van der Waals surface area contributed by atoms with Gasteiger partial charge in [0.1, 0.15) is 0 Å². The fraction of sp³-hybridized carbons (Fsp3) is 1.00. The minimum Gasteiger partial charge on any atom is -0.298 e. The first-order chi connectivity index (χ1) is 8.02. The van der Waals surface area contributed by atoms with Crippen LogP contribution in [-0.4, -0.2) is 23.5 Å². The molecule has 1 heteroatoms. The normalized spacial score (nSPS) is 27.0. The van der Waals surface area contributed by atoms with E-state index < -0.39 is 0 Å². The molecule has 0 unspecified atom stereocenters. The molecular weight excluding hydrogens is 206 g/mol. The molecule has 1 saturated carbocycles. The first kappa shape index (κ1) is 13.4. The predicted molar refractivity (Wildman–Crippen MR) is 75.3 cm³/mol. The number of rotatable bonds is 2. The SMILES string of the molecule is CC(C)(C)CC1(N2CCCCC2)CCCCC1. The Hall–Kier alpha value is -0.0400. The molecule has 0 bridgehead atoms. The summed E-state index contributed by atoms with van der Waals surface area (Å²) in [5.74, 6) is 0. The van der Waals surface area contributed by atoms with Crippen LogP contribution in [0.2, 0.25) is 0 Å². The Kier molecular flexibility index (Phi) is 4.18. The molecule has 17 heavy (non-hydrogen) atoms. The Morgan fingerprint density at radius 1 is 0.824 bits per heavy atom. The van der Waals surface area contributed by atoms with E-state index in [4.69, 9.17) is 0 Å². The molecule has 2 rings (SSSR count). The lowest BCUT2D eigenvalue weighted by atomic mass is 9.70. The third-order valence-electron chi connectivity index (χ3n) is 4.67. The molecule has 100 valence electrons. The van der Waals surface area contributed by atoms with E-state index in [1.165, 1.54) is 70.9 Å². The first-order valence-corrected chi connectivity index (χ1v) is 7.77. The van der Waals surface area contributed by atoms with Gasteiger partial charge in [-0.15, -0.1) is 0 Å². The van der Waals surface area contributed by atoms with Crippen molar-refractivity contribution in [1.29, 1.82) is 0 Å². The van der Waals surface area contributed by atoms with Gasteiger partial charge >= 0.3 is 0 Å². The molecule has 1 aliphatic carbocycles. The fourth-order valence-electron chi connectivity index (χ4n) is 4.17. The van der Waals surface area contributed by atoms with E-state index >= 15 is 0 Å². The second-order valence-electron chi connectivity index (χ2n) is 7.57. The Morgan fingerprint density at radius 2 is 1.35 bits per heavy atom. The molecule has 0 spiro atoms. The predicted octanol–water partition coefficient (Wildman–Crippen LogP) is 4.61. The Bertz CT molecular complexity index is 226. The van der Waals surface area contributed by atoms with Crippen LogP contribution >= 0.6 is 0 Å². The van der Waals surface area contributed by atoms with E-state index in [1.807, 2.05) is 0 Å².